The number of likely N-dealkylation sites (tertiary alicyclic amines) is 2. The number of nitrogens with zero attached hydrogens (tertiary/aromatic N) is 2. The molecular weight excluding hydrogens is 348 g/mol. The SMILES string of the molecule is COC[C@@]12CN(C(=O)CC3CCN(Cc4ccccc4)CC3)C[C@@H]1C(C)(C)C2. The van der Waals surface area contributed by atoms with E-state index < -0.39 is 0 Å². The first-order valence-electron chi connectivity index (χ1n) is 10.9. The van der Waals surface area contributed by atoms with Crippen molar-refractivity contribution in [2.45, 2.75) is 46.1 Å². The van der Waals surface area contributed by atoms with E-state index >= 15 is 0 Å². The number of rotatable bonds is 6. The number of carbonyl (C=O) groups is 1. The molecular formula is C24H36N2O2. The molecule has 4 rings (SSSR count). The van der Waals surface area contributed by atoms with E-state index in [1.54, 1.807) is 7.11 Å². The number of methoxy groups -OCH3 is 1. The van der Waals surface area contributed by atoms with E-state index in [2.05, 4.69) is 54.0 Å². The highest BCUT2D eigenvalue weighted by atomic mass is 16.5. The Kier molecular flexibility index (Phi) is 5.54. The van der Waals surface area contributed by atoms with Gasteiger partial charge in [-0.05, 0) is 55.2 Å². The van der Waals surface area contributed by atoms with Gasteiger partial charge in [-0.1, -0.05) is 44.2 Å². The minimum Gasteiger partial charge on any atom is -0.384 e. The fourth-order valence-electron chi connectivity index (χ4n) is 6.36. The molecule has 3 fully saturated rings. The first kappa shape index (κ1) is 19.9. The number of piperidine rings is 1. The van der Waals surface area contributed by atoms with Crippen LogP contribution in [0.25, 0.3) is 0 Å². The van der Waals surface area contributed by atoms with Gasteiger partial charge in [-0.2, -0.15) is 0 Å². The summed E-state index contributed by atoms with van der Waals surface area (Å²) >= 11 is 0. The lowest BCUT2D eigenvalue weighted by Gasteiger charge is -2.56. The quantitative estimate of drug-likeness (QED) is 0.748. The molecule has 0 unspecified atom stereocenters. The van der Waals surface area contributed by atoms with Gasteiger partial charge < -0.3 is 9.64 Å². The molecule has 2 saturated heterocycles. The molecule has 1 aromatic carbocycles. The van der Waals surface area contributed by atoms with Gasteiger partial charge in [-0.25, -0.2) is 0 Å². The molecule has 4 nitrogen and oxygen atoms in total. The molecule has 0 spiro atoms. The van der Waals surface area contributed by atoms with Crippen molar-refractivity contribution in [3.63, 3.8) is 0 Å². The van der Waals surface area contributed by atoms with Gasteiger partial charge >= 0.3 is 0 Å². The predicted octanol–water partition coefficient (Wildman–Crippen LogP) is 3.81. The molecule has 1 aromatic rings. The molecule has 1 amide bonds. The Labute approximate surface area is 170 Å². The maximum absolute atomic E-state index is 13.0. The van der Waals surface area contributed by atoms with E-state index in [-0.39, 0.29) is 5.41 Å². The Morgan fingerprint density at radius 1 is 1.18 bits per heavy atom. The summed E-state index contributed by atoms with van der Waals surface area (Å²) < 4.78 is 5.54. The molecule has 0 N–H and O–H groups in total. The zero-order valence-electron chi connectivity index (χ0n) is 17.8. The van der Waals surface area contributed by atoms with Crippen molar-refractivity contribution in [1.82, 2.24) is 9.80 Å². The van der Waals surface area contributed by atoms with Crippen LogP contribution < -0.4 is 0 Å². The van der Waals surface area contributed by atoms with Crippen molar-refractivity contribution in [3.8, 4) is 0 Å². The third kappa shape index (κ3) is 3.86. The number of hydrogen-bond acceptors (Lipinski definition) is 3. The van der Waals surface area contributed by atoms with Crippen LogP contribution in [0.15, 0.2) is 30.3 Å². The summed E-state index contributed by atoms with van der Waals surface area (Å²) in [5.41, 5.74) is 1.94. The van der Waals surface area contributed by atoms with Gasteiger partial charge in [0.2, 0.25) is 5.91 Å². The van der Waals surface area contributed by atoms with E-state index in [0.717, 1.165) is 58.6 Å². The number of benzene rings is 1. The summed E-state index contributed by atoms with van der Waals surface area (Å²) in [6, 6.07) is 10.7. The fraction of sp³-hybridized carbons (Fsp3) is 0.708. The molecule has 0 bridgehead atoms. The van der Waals surface area contributed by atoms with Crippen molar-refractivity contribution < 1.29 is 9.53 Å². The van der Waals surface area contributed by atoms with Crippen LogP contribution in [0.1, 0.15) is 45.1 Å². The Morgan fingerprint density at radius 2 is 1.89 bits per heavy atom. The highest BCUT2D eigenvalue weighted by Crippen LogP contribution is 2.62. The maximum Gasteiger partial charge on any atom is 0.222 e. The predicted molar refractivity (Wildman–Crippen MR) is 112 cm³/mol. The zero-order chi connectivity index (χ0) is 19.8. The summed E-state index contributed by atoms with van der Waals surface area (Å²) in [6.45, 7) is 10.6. The monoisotopic (exact) mass is 384 g/mol. The number of amides is 1. The van der Waals surface area contributed by atoms with Gasteiger partial charge in [0.1, 0.15) is 0 Å². The molecule has 2 heterocycles. The van der Waals surface area contributed by atoms with Crippen LogP contribution in [0.2, 0.25) is 0 Å². The van der Waals surface area contributed by atoms with E-state index in [1.165, 1.54) is 12.0 Å². The lowest BCUT2D eigenvalue weighted by molar-refractivity contribution is -0.132. The van der Waals surface area contributed by atoms with Crippen molar-refractivity contribution in [3.05, 3.63) is 35.9 Å². The first-order chi connectivity index (χ1) is 13.4. The maximum atomic E-state index is 13.0. The van der Waals surface area contributed by atoms with Gasteiger partial charge in [-0.15, -0.1) is 0 Å². The number of fused-ring (bicyclic) bond motifs is 1. The van der Waals surface area contributed by atoms with Crippen LogP contribution in [0, 0.1) is 22.7 Å². The van der Waals surface area contributed by atoms with Gasteiger partial charge in [0.05, 0.1) is 6.61 Å². The lowest BCUT2D eigenvalue weighted by Crippen LogP contribution is -2.55. The van der Waals surface area contributed by atoms with E-state index in [4.69, 9.17) is 4.74 Å². The summed E-state index contributed by atoms with van der Waals surface area (Å²) in [4.78, 5) is 17.7. The Hall–Kier alpha value is -1.39. The minimum absolute atomic E-state index is 0.215. The normalized spacial score (nSPS) is 30.1. The average Bonchev–Trinajstić information content (AvgIpc) is 2.99. The number of hydrogen-bond donors (Lipinski definition) is 0. The second-order valence-electron chi connectivity index (χ2n) is 10.2. The second-order valence-corrected chi connectivity index (χ2v) is 10.2. The minimum atomic E-state index is 0.215. The molecule has 28 heavy (non-hydrogen) atoms. The molecule has 0 radical (unpaired) electrons. The molecule has 3 aliphatic rings. The molecule has 154 valence electrons. The van der Waals surface area contributed by atoms with Crippen LogP contribution in [0.3, 0.4) is 0 Å². The highest BCUT2D eigenvalue weighted by Gasteiger charge is 2.63. The molecule has 1 saturated carbocycles. The second kappa shape index (κ2) is 7.79. The molecule has 2 atom stereocenters. The third-order valence-electron chi connectivity index (χ3n) is 7.60. The standard InChI is InChI=1S/C24H36N2O2/c1-23(2)16-24(18-28-3)17-26(15-21(23)24)22(27)13-19-9-11-25(12-10-19)14-20-7-5-4-6-8-20/h4-8,19,21H,9-18H2,1-3H3/t21-,24-/m1/s1. The van der Waals surface area contributed by atoms with E-state index in [0.29, 0.717) is 23.2 Å². The smallest absolute Gasteiger partial charge is 0.222 e. The van der Waals surface area contributed by atoms with Gasteiger partial charge in [-0.3, -0.25) is 9.69 Å². The van der Waals surface area contributed by atoms with Crippen molar-refractivity contribution in [2.24, 2.45) is 22.7 Å². The lowest BCUT2D eigenvalue weighted by atomic mass is 9.48. The molecule has 2 aliphatic heterocycles. The summed E-state index contributed by atoms with van der Waals surface area (Å²) in [6.07, 6.45) is 4.20. The summed E-state index contributed by atoms with van der Waals surface area (Å²) in [5, 5.41) is 0. The van der Waals surface area contributed by atoms with Crippen molar-refractivity contribution in [2.75, 3.05) is 39.9 Å². The van der Waals surface area contributed by atoms with Crippen LogP contribution in [0.5, 0.6) is 0 Å². The Morgan fingerprint density at radius 3 is 2.54 bits per heavy atom. The zero-order valence-corrected chi connectivity index (χ0v) is 17.8. The van der Waals surface area contributed by atoms with E-state index in [1.807, 2.05) is 0 Å². The first-order valence-corrected chi connectivity index (χ1v) is 10.9. The van der Waals surface area contributed by atoms with E-state index in [9.17, 15) is 4.79 Å². The largest absolute Gasteiger partial charge is 0.384 e. The van der Waals surface area contributed by atoms with Crippen LogP contribution >= 0.6 is 0 Å². The van der Waals surface area contributed by atoms with Gasteiger partial charge in [0.15, 0.2) is 0 Å². The van der Waals surface area contributed by atoms with Crippen LogP contribution in [-0.2, 0) is 16.1 Å². The van der Waals surface area contributed by atoms with Crippen LogP contribution in [-0.4, -0.2) is 55.6 Å². The van der Waals surface area contributed by atoms with Crippen LogP contribution in [0.4, 0.5) is 0 Å². The van der Waals surface area contributed by atoms with Crippen molar-refractivity contribution >= 4 is 5.91 Å². The van der Waals surface area contributed by atoms with Gasteiger partial charge in [0, 0.05) is 38.6 Å². The Balaban J connectivity index is 1.26. The molecule has 1 aliphatic carbocycles. The fourth-order valence-corrected chi connectivity index (χ4v) is 6.36. The summed E-state index contributed by atoms with van der Waals surface area (Å²) in [7, 11) is 1.80. The van der Waals surface area contributed by atoms with Gasteiger partial charge in [0.25, 0.3) is 0 Å². The third-order valence-corrected chi connectivity index (χ3v) is 7.60. The van der Waals surface area contributed by atoms with Crippen molar-refractivity contribution in [1.29, 1.82) is 0 Å². The Bertz CT molecular complexity index is 681. The summed E-state index contributed by atoms with van der Waals surface area (Å²) in [5.74, 6) is 1.52. The number of carbonyl (C=O) groups excluding carboxylic acids is 1. The molecule has 0 aromatic heterocycles. The highest BCUT2D eigenvalue weighted by molar-refractivity contribution is 5.77. The molecule has 4 heteroatoms. The topological polar surface area (TPSA) is 32.8 Å². The number of ether oxygens (including phenoxy) is 1. The average molecular weight is 385 g/mol.